The number of amides is 2. The van der Waals surface area contributed by atoms with Crippen LogP contribution in [0.2, 0.25) is 0 Å². The lowest BCUT2D eigenvalue weighted by Crippen LogP contribution is -2.26. The molecule has 0 heterocycles. The topological polar surface area (TPSA) is 58.6 Å². The third kappa shape index (κ3) is 4.81. The molecule has 0 aliphatic rings. The van der Waals surface area contributed by atoms with Crippen LogP contribution < -0.4 is 5.32 Å². The number of benzene rings is 2. The summed E-state index contributed by atoms with van der Waals surface area (Å²) < 4.78 is 18.0. The lowest BCUT2D eigenvalue weighted by molar-refractivity contribution is 0.0785. The summed E-state index contributed by atoms with van der Waals surface area (Å²) in [5.41, 5.74) is 1.73. The number of nitrogens with zero attached hydrogens (tertiary/aromatic N) is 1. The lowest BCUT2D eigenvalue weighted by atomic mass is 10.1. The Morgan fingerprint density at radius 3 is 2.50 bits per heavy atom. The summed E-state index contributed by atoms with van der Waals surface area (Å²) in [5.74, 6) is -0.523. The van der Waals surface area contributed by atoms with E-state index >= 15 is 0 Å². The molecule has 5 nitrogen and oxygen atoms in total. The summed E-state index contributed by atoms with van der Waals surface area (Å²) >= 11 is 0. The van der Waals surface area contributed by atoms with Crippen LogP contribution in [0.5, 0.6) is 0 Å². The molecule has 0 spiro atoms. The Morgan fingerprint density at radius 1 is 1.17 bits per heavy atom. The second-order valence-electron chi connectivity index (χ2n) is 5.21. The van der Waals surface area contributed by atoms with Gasteiger partial charge in [0.15, 0.2) is 0 Å². The van der Waals surface area contributed by atoms with Crippen LogP contribution in [0.1, 0.15) is 22.8 Å². The molecule has 0 aliphatic carbocycles. The van der Waals surface area contributed by atoms with Gasteiger partial charge >= 0.3 is 6.09 Å². The van der Waals surface area contributed by atoms with Crippen molar-refractivity contribution in [1.82, 2.24) is 4.90 Å². The fourth-order valence-corrected chi connectivity index (χ4v) is 2.18. The highest BCUT2D eigenvalue weighted by atomic mass is 19.1. The third-order valence-electron chi connectivity index (χ3n) is 3.31. The van der Waals surface area contributed by atoms with Gasteiger partial charge in [0.05, 0.1) is 6.61 Å². The molecule has 0 atom stereocenters. The van der Waals surface area contributed by atoms with Crippen molar-refractivity contribution < 1.29 is 18.7 Å². The molecule has 0 saturated heterocycles. The highest BCUT2D eigenvalue weighted by Gasteiger charge is 2.12. The number of hydrogen-bond acceptors (Lipinski definition) is 3. The Morgan fingerprint density at radius 2 is 1.88 bits per heavy atom. The molecular weight excluding hydrogens is 311 g/mol. The van der Waals surface area contributed by atoms with E-state index in [0.29, 0.717) is 23.4 Å². The molecule has 2 amide bonds. The molecule has 1 N–H and O–H groups in total. The molecule has 126 valence electrons. The fraction of sp³-hybridized carbons (Fsp3) is 0.222. The maximum Gasteiger partial charge on any atom is 0.411 e. The van der Waals surface area contributed by atoms with Crippen LogP contribution in [0.15, 0.2) is 48.5 Å². The van der Waals surface area contributed by atoms with Crippen molar-refractivity contribution in [3.63, 3.8) is 0 Å². The first-order valence-electron chi connectivity index (χ1n) is 7.53. The quantitative estimate of drug-likeness (QED) is 0.910. The number of carbonyl (C=O) groups is 2. The van der Waals surface area contributed by atoms with Crippen LogP contribution in [0.4, 0.5) is 14.9 Å². The number of halogens is 1. The molecule has 2 aromatic carbocycles. The SMILES string of the molecule is CCOC(=O)Nc1ccc(C(=O)N(C)Cc2cccc(F)c2)cc1. The number of hydrogen-bond donors (Lipinski definition) is 1. The van der Waals surface area contributed by atoms with Gasteiger partial charge in [-0.2, -0.15) is 0 Å². The van der Waals surface area contributed by atoms with Gasteiger partial charge in [-0.3, -0.25) is 10.1 Å². The fourth-order valence-electron chi connectivity index (χ4n) is 2.18. The summed E-state index contributed by atoms with van der Waals surface area (Å²) in [6.07, 6.45) is -0.542. The molecule has 6 heteroatoms. The maximum atomic E-state index is 13.2. The summed E-state index contributed by atoms with van der Waals surface area (Å²) in [4.78, 5) is 25.2. The predicted molar refractivity (Wildman–Crippen MR) is 89.3 cm³/mol. The second kappa shape index (κ2) is 8.10. The zero-order valence-electron chi connectivity index (χ0n) is 13.6. The van der Waals surface area contributed by atoms with Crippen molar-refractivity contribution in [2.24, 2.45) is 0 Å². The molecule has 2 aromatic rings. The number of rotatable bonds is 5. The highest BCUT2D eigenvalue weighted by Crippen LogP contribution is 2.13. The number of ether oxygens (including phenoxy) is 1. The number of nitrogens with one attached hydrogen (secondary N) is 1. The number of carbonyl (C=O) groups excluding carboxylic acids is 2. The molecule has 0 bridgehead atoms. The van der Waals surface area contributed by atoms with Crippen molar-refractivity contribution in [3.8, 4) is 0 Å². The molecular formula is C18H19FN2O3. The van der Waals surface area contributed by atoms with Crippen molar-refractivity contribution >= 4 is 17.7 Å². The Bertz CT molecular complexity index is 716. The van der Waals surface area contributed by atoms with Gasteiger partial charge in [0.25, 0.3) is 5.91 Å². The Hall–Kier alpha value is -2.89. The summed E-state index contributed by atoms with van der Waals surface area (Å²) in [7, 11) is 1.65. The number of anilines is 1. The molecule has 2 rings (SSSR count). The Balaban J connectivity index is 2.00. The summed E-state index contributed by atoms with van der Waals surface area (Å²) in [5, 5.41) is 2.56. The van der Waals surface area contributed by atoms with E-state index in [2.05, 4.69) is 5.32 Å². The lowest BCUT2D eigenvalue weighted by Gasteiger charge is -2.17. The van der Waals surface area contributed by atoms with Gasteiger partial charge < -0.3 is 9.64 Å². The molecule has 0 saturated carbocycles. The van der Waals surface area contributed by atoms with Crippen LogP contribution in [0.25, 0.3) is 0 Å². The first kappa shape index (κ1) is 17.5. The molecule has 0 radical (unpaired) electrons. The van der Waals surface area contributed by atoms with Gasteiger partial charge in [-0.05, 0) is 48.9 Å². The zero-order chi connectivity index (χ0) is 17.5. The first-order chi connectivity index (χ1) is 11.5. The van der Waals surface area contributed by atoms with Gasteiger partial charge in [0.2, 0.25) is 0 Å². The van der Waals surface area contributed by atoms with E-state index in [1.165, 1.54) is 17.0 Å². The minimum Gasteiger partial charge on any atom is -0.450 e. The van der Waals surface area contributed by atoms with Crippen LogP contribution in [0, 0.1) is 5.82 Å². The largest absolute Gasteiger partial charge is 0.450 e. The summed E-state index contributed by atoms with van der Waals surface area (Å²) in [6.45, 7) is 2.31. The average molecular weight is 330 g/mol. The van der Waals surface area contributed by atoms with E-state index < -0.39 is 6.09 Å². The Labute approximate surface area is 140 Å². The molecule has 0 aliphatic heterocycles. The first-order valence-corrected chi connectivity index (χ1v) is 7.53. The van der Waals surface area contributed by atoms with Gasteiger partial charge in [0.1, 0.15) is 5.82 Å². The minimum atomic E-state index is -0.542. The van der Waals surface area contributed by atoms with E-state index in [9.17, 15) is 14.0 Å². The summed E-state index contributed by atoms with van der Waals surface area (Å²) in [6, 6.07) is 12.6. The minimum absolute atomic E-state index is 0.193. The molecule has 0 fully saturated rings. The van der Waals surface area contributed by atoms with E-state index in [1.54, 1.807) is 50.4 Å². The zero-order valence-corrected chi connectivity index (χ0v) is 13.6. The predicted octanol–water partition coefficient (Wildman–Crippen LogP) is 3.67. The highest BCUT2D eigenvalue weighted by molar-refractivity contribution is 5.95. The van der Waals surface area contributed by atoms with E-state index in [1.807, 2.05) is 0 Å². The maximum absolute atomic E-state index is 13.2. The van der Waals surface area contributed by atoms with Crippen LogP contribution >= 0.6 is 0 Å². The third-order valence-corrected chi connectivity index (χ3v) is 3.31. The monoisotopic (exact) mass is 330 g/mol. The van der Waals surface area contributed by atoms with E-state index in [4.69, 9.17) is 4.74 Å². The van der Waals surface area contributed by atoms with Crippen molar-refractivity contribution in [2.45, 2.75) is 13.5 Å². The van der Waals surface area contributed by atoms with Gasteiger partial charge in [-0.25, -0.2) is 9.18 Å². The standard InChI is InChI=1S/C18H19FN2O3/c1-3-24-18(23)20-16-9-7-14(8-10-16)17(22)21(2)12-13-5-4-6-15(19)11-13/h4-11H,3,12H2,1-2H3,(H,20,23). The van der Waals surface area contributed by atoms with Gasteiger partial charge in [-0.15, -0.1) is 0 Å². The average Bonchev–Trinajstić information content (AvgIpc) is 2.55. The van der Waals surface area contributed by atoms with Crippen LogP contribution in [-0.2, 0) is 11.3 Å². The van der Waals surface area contributed by atoms with E-state index in [0.717, 1.165) is 0 Å². The Kier molecular flexibility index (Phi) is 5.89. The van der Waals surface area contributed by atoms with Crippen molar-refractivity contribution in [1.29, 1.82) is 0 Å². The molecule has 24 heavy (non-hydrogen) atoms. The normalized spacial score (nSPS) is 10.1. The van der Waals surface area contributed by atoms with Gasteiger partial charge in [-0.1, -0.05) is 12.1 Å². The van der Waals surface area contributed by atoms with Crippen LogP contribution in [-0.4, -0.2) is 30.6 Å². The molecule has 0 unspecified atom stereocenters. The smallest absolute Gasteiger partial charge is 0.411 e. The van der Waals surface area contributed by atoms with Crippen molar-refractivity contribution in [3.05, 3.63) is 65.5 Å². The molecule has 0 aromatic heterocycles. The van der Waals surface area contributed by atoms with Crippen molar-refractivity contribution in [2.75, 3.05) is 19.0 Å². The van der Waals surface area contributed by atoms with E-state index in [-0.39, 0.29) is 18.3 Å². The van der Waals surface area contributed by atoms with Gasteiger partial charge in [0, 0.05) is 24.8 Å². The second-order valence-corrected chi connectivity index (χ2v) is 5.21. The van der Waals surface area contributed by atoms with Crippen LogP contribution in [0.3, 0.4) is 0 Å².